The molecule has 8 nitrogen and oxygen atoms in total. The zero-order chi connectivity index (χ0) is 18.1. The number of hydrogen-bond acceptors (Lipinski definition) is 7. The first-order valence-electron chi connectivity index (χ1n) is 7.63. The Morgan fingerprint density at radius 1 is 1.00 bits per heavy atom. The van der Waals surface area contributed by atoms with Crippen LogP contribution in [0.15, 0.2) is 48.7 Å². The molecule has 0 unspecified atom stereocenters. The lowest BCUT2D eigenvalue weighted by atomic mass is 10.1. The minimum absolute atomic E-state index is 0.271. The Hall–Kier alpha value is -3.46. The molecule has 0 saturated heterocycles. The summed E-state index contributed by atoms with van der Waals surface area (Å²) in [7, 11) is 0. The number of imide groups is 1. The quantitative estimate of drug-likeness (QED) is 0.707. The number of aromatic nitrogens is 3. The van der Waals surface area contributed by atoms with E-state index in [-0.39, 0.29) is 11.7 Å². The zero-order valence-corrected chi connectivity index (χ0v) is 14.1. The third-order valence-corrected chi connectivity index (χ3v) is 4.60. The van der Waals surface area contributed by atoms with E-state index in [2.05, 4.69) is 20.5 Å². The van der Waals surface area contributed by atoms with E-state index in [4.69, 9.17) is 0 Å². The summed E-state index contributed by atoms with van der Waals surface area (Å²) >= 11 is 1.16. The number of rotatable bonds is 4. The van der Waals surface area contributed by atoms with E-state index in [1.807, 2.05) is 6.07 Å². The Kier molecular flexibility index (Phi) is 3.98. The monoisotopic (exact) mass is 365 g/mol. The predicted molar refractivity (Wildman–Crippen MR) is 93.6 cm³/mol. The molecule has 0 saturated carbocycles. The summed E-state index contributed by atoms with van der Waals surface area (Å²) in [6.07, 6.45) is 1.64. The molecule has 26 heavy (non-hydrogen) atoms. The Morgan fingerprint density at radius 2 is 1.69 bits per heavy atom. The van der Waals surface area contributed by atoms with Crippen LogP contribution < -0.4 is 5.32 Å². The van der Waals surface area contributed by atoms with Crippen molar-refractivity contribution in [3.8, 4) is 10.7 Å². The van der Waals surface area contributed by atoms with Crippen LogP contribution in [0.25, 0.3) is 10.7 Å². The number of pyridine rings is 1. The van der Waals surface area contributed by atoms with Crippen LogP contribution in [0.2, 0.25) is 0 Å². The smallest absolute Gasteiger partial charge is 0.262 e. The molecule has 3 amide bonds. The van der Waals surface area contributed by atoms with Crippen LogP contribution in [0.5, 0.6) is 0 Å². The van der Waals surface area contributed by atoms with Crippen LogP contribution in [-0.4, -0.2) is 44.3 Å². The minimum atomic E-state index is -0.525. The van der Waals surface area contributed by atoms with Crippen molar-refractivity contribution in [2.24, 2.45) is 0 Å². The first-order chi connectivity index (χ1) is 12.6. The van der Waals surface area contributed by atoms with Crippen LogP contribution in [0.1, 0.15) is 20.7 Å². The molecule has 4 rings (SSSR count). The van der Waals surface area contributed by atoms with Gasteiger partial charge in [0.15, 0.2) is 5.01 Å². The number of carbonyl (C=O) groups is 3. The molecule has 1 aromatic carbocycles. The Bertz CT molecular complexity index is 983. The second-order valence-corrected chi connectivity index (χ2v) is 6.40. The maximum atomic E-state index is 12.3. The molecule has 0 aliphatic carbocycles. The summed E-state index contributed by atoms with van der Waals surface area (Å²) in [5.41, 5.74) is 1.25. The van der Waals surface area contributed by atoms with E-state index in [1.165, 1.54) is 0 Å². The molecule has 0 radical (unpaired) electrons. The zero-order valence-electron chi connectivity index (χ0n) is 13.2. The maximum absolute atomic E-state index is 12.3. The highest BCUT2D eigenvalue weighted by Gasteiger charge is 2.36. The van der Waals surface area contributed by atoms with E-state index < -0.39 is 17.7 Å². The topological polar surface area (TPSA) is 105 Å². The molecule has 9 heteroatoms. The van der Waals surface area contributed by atoms with E-state index in [1.54, 1.807) is 42.6 Å². The van der Waals surface area contributed by atoms with Crippen molar-refractivity contribution in [1.82, 2.24) is 20.1 Å². The van der Waals surface area contributed by atoms with Gasteiger partial charge >= 0.3 is 0 Å². The molecule has 0 fully saturated rings. The Balaban J connectivity index is 1.45. The van der Waals surface area contributed by atoms with Crippen LogP contribution in [0, 0.1) is 0 Å². The average Bonchev–Trinajstić information content (AvgIpc) is 3.22. The number of nitrogens with one attached hydrogen (secondary N) is 1. The van der Waals surface area contributed by atoms with Crippen LogP contribution >= 0.6 is 11.3 Å². The average molecular weight is 365 g/mol. The van der Waals surface area contributed by atoms with Gasteiger partial charge in [-0.15, -0.1) is 10.2 Å². The summed E-state index contributed by atoms with van der Waals surface area (Å²) in [6.45, 7) is -0.384. The third-order valence-electron chi connectivity index (χ3n) is 3.74. The summed E-state index contributed by atoms with van der Waals surface area (Å²) in [6, 6.07) is 11.9. The fraction of sp³-hybridized carbons (Fsp3) is 0.0588. The third kappa shape index (κ3) is 2.84. The first kappa shape index (κ1) is 16.0. The summed E-state index contributed by atoms with van der Waals surface area (Å²) in [5, 5.41) is 11.3. The Labute approximate surface area is 151 Å². The highest BCUT2D eigenvalue weighted by atomic mass is 32.1. The van der Waals surface area contributed by atoms with Crippen molar-refractivity contribution in [1.29, 1.82) is 0 Å². The Morgan fingerprint density at radius 3 is 2.35 bits per heavy atom. The van der Waals surface area contributed by atoms with Gasteiger partial charge in [0, 0.05) is 6.20 Å². The van der Waals surface area contributed by atoms with E-state index in [9.17, 15) is 14.4 Å². The van der Waals surface area contributed by atoms with Gasteiger partial charge in [-0.2, -0.15) is 0 Å². The van der Waals surface area contributed by atoms with Gasteiger partial charge in [-0.1, -0.05) is 29.5 Å². The van der Waals surface area contributed by atoms with Crippen LogP contribution in [0.4, 0.5) is 5.13 Å². The number of hydrogen-bond donors (Lipinski definition) is 1. The van der Waals surface area contributed by atoms with Crippen molar-refractivity contribution >= 4 is 34.2 Å². The van der Waals surface area contributed by atoms with Crippen molar-refractivity contribution in [2.75, 3.05) is 11.9 Å². The lowest BCUT2D eigenvalue weighted by Gasteiger charge is -2.12. The molecular formula is C17H11N5O3S. The van der Waals surface area contributed by atoms with Crippen molar-refractivity contribution in [2.45, 2.75) is 0 Å². The summed E-state index contributed by atoms with van der Waals surface area (Å²) < 4.78 is 0. The van der Waals surface area contributed by atoms with Crippen molar-refractivity contribution < 1.29 is 14.4 Å². The first-order valence-corrected chi connectivity index (χ1v) is 8.45. The van der Waals surface area contributed by atoms with Gasteiger partial charge in [-0.05, 0) is 24.3 Å². The fourth-order valence-corrected chi connectivity index (χ4v) is 3.29. The maximum Gasteiger partial charge on any atom is 0.262 e. The SMILES string of the molecule is O=C(CN1C(=O)c2ccccc2C1=O)Nc1nnc(-c2ccccn2)s1. The number of carbonyl (C=O) groups excluding carboxylic acids is 3. The molecule has 0 spiro atoms. The highest BCUT2D eigenvalue weighted by molar-refractivity contribution is 7.18. The standard InChI is InChI=1S/C17H11N5O3S/c23-13(9-22-15(24)10-5-1-2-6-11(10)16(22)25)19-17-21-20-14(26-17)12-7-3-4-8-18-12/h1-8H,9H2,(H,19,21,23). The van der Waals surface area contributed by atoms with Gasteiger partial charge in [0.25, 0.3) is 11.8 Å². The number of nitrogens with zero attached hydrogens (tertiary/aromatic N) is 4. The van der Waals surface area contributed by atoms with E-state index in [0.717, 1.165) is 16.2 Å². The lowest BCUT2D eigenvalue weighted by molar-refractivity contribution is -0.116. The number of fused-ring (bicyclic) bond motifs is 1. The van der Waals surface area contributed by atoms with E-state index in [0.29, 0.717) is 21.8 Å². The molecule has 0 bridgehead atoms. The molecule has 1 aliphatic rings. The largest absolute Gasteiger partial charge is 0.299 e. The van der Waals surface area contributed by atoms with Gasteiger partial charge in [0.05, 0.1) is 11.1 Å². The van der Waals surface area contributed by atoms with Gasteiger partial charge < -0.3 is 0 Å². The molecule has 3 heterocycles. The highest BCUT2D eigenvalue weighted by Crippen LogP contribution is 2.25. The molecule has 128 valence electrons. The summed E-state index contributed by atoms with van der Waals surface area (Å²) in [4.78, 5) is 41.9. The van der Waals surface area contributed by atoms with Gasteiger partial charge in [0.1, 0.15) is 12.2 Å². The minimum Gasteiger partial charge on any atom is -0.299 e. The second-order valence-electron chi connectivity index (χ2n) is 5.42. The lowest BCUT2D eigenvalue weighted by Crippen LogP contribution is -2.37. The van der Waals surface area contributed by atoms with Crippen LogP contribution in [-0.2, 0) is 4.79 Å². The van der Waals surface area contributed by atoms with Crippen molar-refractivity contribution in [3.05, 3.63) is 59.8 Å². The number of benzene rings is 1. The number of amides is 3. The molecule has 0 atom stereocenters. The normalized spacial score (nSPS) is 13.0. The van der Waals surface area contributed by atoms with Crippen LogP contribution in [0.3, 0.4) is 0 Å². The van der Waals surface area contributed by atoms with Gasteiger partial charge in [-0.25, -0.2) is 0 Å². The molecule has 3 aromatic rings. The van der Waals surface area contributed by atoms with E-state index >= 15 is 0 Å². The van der Waals surface area contributed by atoms with Crippen molar-refractivity contribution in [3.63, 3.8) is 0 Å². The fourth-order valence-electron chi connectivity index (χ4n) is 2.55. The number of anilines is 1. The summed E-state index contributed by atoms with van der Waals surface area (Å²) in [5.74, 6) is -1.48. The molecule has 1 aliphatic heterocycles. The molecule has 2 aromatic heterocycles. The molecule has 1 N–H and O–H groups in total. The molecular weight excluding hydrogens is 354 g/mol. The predicted octanol–water partition coefficient (Wildman–Crippen LogP) is 1.83. The second kappa shape index (κ2) is 6.45. The van der Waals surface area contributed by atoms with Gasteiger partial charge in [0.2, 0.25) is 11.0 Å². The van der Waals surface area contributed by atoms with Gasteiger partial charge in [-0.3, -0.25) is 29.6 Å².